The molecule has 0 fully saturated rings. The minimum absolute atomic E-state index is 0.0699. The molecule has 2 aromatic rings. The number of hydrogen-bond donors (Lipinski definition) is 1. The molecule has 3 nitrogen and oxygen atoms in total. The smallest absolute Gasteiger partial charge is 0.253 e. The van der Waals surface area contributed by atoms with Crippen LogP contribution in [-0.2, 0) is 0 Å². The number of carbonyl (C=O) groups is 1. The number of nitrogens with zero attached hydrogens (tertiary/aromatic N) is 1. The van der Waals surface area contributed by atoms with Gasteiger partial charge < -0.3 is 5.32 Å². The summed E-state index contributed by atoms with van der Waals surface area (Å²) in [6.07, 6.45) is 2.72. The summed E-state index contributed by atoms with van der Waals surface area (Å²) in [5.74, 6) is -0.0699. The highest BCUT2D eigenvalue weighted by Gasteiger charge is 2.11. The van der Waals surface area contributed by atoms with E-state index in [0.29, 0.717) is 11.3 Å². The fraction of sp³-hybridized carbons (Fsp3) is 0.294. The Hall–Kier alpha value is -1.94. The Kier molecular flexibility index (Phi) is 5.28. The van der Waals surface area contributed by atoms with Gasteiger partial charge in [0.2, 0.25) is 0 Å². The van der Waals surface area contributed by atoms with Crippen LogP contribution in [0.2, 0.25) is 0 Å². The van der Waals surface area contributed by atoms with Crippen LogP contribution in [0, 0.1) is 6.92 Å². The third-order valence-electron chi connectivity index (χ3n) is 3.23. The maximum atomic E-state index is 12.3. The first-order valence-corrected chi connectivity index (χ1v) is 7.92. The molecule has 1 atom stereocenters. The van der Waals surface area contributed by atoms with Gasteiger partial charge in [-0.05, 0) is 44.5 Å². The SMILES string of the molecule is CCC(C)NC(=O)c1ccccc1N=Cc1ccc(C)s1. The van der Waals surface area contributed by atoms with Crippen molar-refractivity contribution in [2.24, 2.45) is 4.99 Å². The molecule has 21 heavy (non-hydrogen) atoms. The summed E-state index contributed by atoms with van der Waals surface area (Å²) in [7, 11) is 0. The number of nitrogens with one attached hydrogen (secondary N) is 1. The average Bonchev–Trinajstić information content (AvgIpc) is 2.90. The van der Waals surface area contributed by atoms with E-state index in [2.05, 4.69) is 23.3 Å². The largest absolute Gasteiger partial charge is 0.350 e. The van der Waals surface area contributed by atoms with Gasteiger partial charge >= 0.3 is 0 Å². The molecule has 0 spiro atoms. The minimum atomic E-state index is -0.0699. The molecular weight excluding hydrogens is 280 g/mol. The topological polar surface area (TPSA) is 41.5 Å². The minimum Gasteiger partial charge on any atom is -0.350 e. The molecule has 0 saturated heterocycles. The summed E-state index contributed by atoms with van der Waals surface area (Å²) in [6.45, 7) is 6.11. The van der Waals surface area contributed by atoms with Crippen molar-refractivity contribution >= 4 is 29.1 Å². The molecule has 0 aliphatic carbocycles. The number of aryl methyl sites for hydroxylation is 1. The first kappa shape index (κ1) is 15.4. The van der Waals surface area contributed by atoms with Gasteiger partial charge in [-0.3, -0.25) is 9.79 Å². The molecule has 4 heteroatoms. The van der Waals surface area contributed by atoms with Gasteiger partial charge in [0.25, 0.3) is 5.91 Å². The van der Waals surface area contributed by atoms with E-state index in [1.54, 1.807) is 11.3 Å². The molecule has 0 aliphatic rings. The van der Waals surface area contributed by atoms with Crippen LogP contribution >= 0.6 is 11.3 Å². The van der Waals surface area contributed by atoms with Crippen LogP contribution in [0.3, 0.4) is 0 Å². The zero-order valence-corrected chi connectivity index (χ0v) is 13.4. The van der Waals surface area contributed by atoms with Crippen LogP contribution in [0.5, 0.6) is 0 Å². The van der Waals surface area contributed by atoms with E-state index in [1.165, 1.54) is 4.88 Å². The molecule has 1 N–H and O–H groups in total. The quantitative estimate of drug-likeness (QED) is 0.820. The Morgan fingerprint density at radius 3 is 2.76 bits per heavy atom. The molecule has 1 aromatic carbocycles. The second-order valence-electron chi connectivity index (χ2n) is 5.01. The van der Waals surface area contributed by atoms with Crippen molar-refractivity contribution in [2.75, 3.05) is 0 Å². The maximum Gasteiger partial charge on any atom is 0.253 e. The first-order valence-electron chi connectivity index (χ1n) is 7.10. The summed E-state index contributed by atoms with van der Waals surface area (Å²) < 4.78 is 0. The predicted octanol–water partition coefficient (Wildman–Crippen LogP) is 4.34. The number of amides is 1. The molecule has 0 aliphatic heterocycles. The lowest BCUT2D eigenvalue weighted by molar-refractivity contribution is 0.0940. The molecule has 0 radical (unpaired) electrons. The second-order valence-corrected chi connectivity index (χ2v) is 6.33. The molecule has 2 rings (SSSR count). The normalized spacial score (nSPS) is 12.5. The highest BCUT2D eigenvalue weighted by atomic mass is 32.1. The highest BCUT2D eigenvalue weighted by molar-refractivity contribution is 7.13. The lowest BCUT2D eigenvalue weighted by atomic mass is 10.1. The van der Waals surface area contributed by atoms with Crippen molar-refractivity contribution in [3.63, 3.8) is 0 Å². The summed E-state index contributed by atoms with van der Waals surface area (Å²) >= 11 is 1.69. The van der Waals surface area contributed by atoms with Crippen LogP contribution in [-0.4, -0.2) is 18.2 Å². The standard InChI is InChI=1S/C17H20N2OS/c1-4-12(2)19-17(20)15-7-5-6-8-16(15)18-11-14-10-9-13(3)21-14/h5-12H,4H2,1-3H3,(H,19,20). The van der Waals surface area contributed by atoms with Gasteiger partial charge in [0.15, 0.2) is 0 Å². The van der Waals surface area contributed by atoms with Gasteiger partial charge in [-0.1, -0.05) is 19.1 Å². The van der Waals surface area contributed by atoms with Gasteiger partial charge in [-0.15, -0.1) is 11.3 Å². The first-order chi connectivity index (χ1) is 10.1. The lowest BCUT2D eigenvalue weighted by Crippen LogP contribution is -2.31. The third kappa shape index (κ3) is 4.26. The Morgan fingerprint density at radius 1 is 1.33 bits per heavy atom. The van der Waals surface area contributed by atoms with E-state index in [1.807, 2.05) is 50.4 Å². The molecule has 0 saturated carbocycles. The van der Waals surface area contributed by atoms with Crippen molar-refractivity contribution in [3.05, 3.63) is 51.7 Å². The Balaban J connectivity index is 2.20. The van der Waals surface area contributed by atoms with Crippen LogP contribution in [0.1, 0.15) is 40.4 Å². The summed E-state index contributed by atoms with van der Waals surface area (Å²) in [6, 6.07) is 11.7. The van der Waals surface area contributed by atoms with Crippen LogP contribution in [0.25, 0.3) is 0 Å². The third-order valence-corrected chi connectivity index (χ3v) is 4.17. The zero-order chi connectivity index (χ0) is 15.2. The Morgan fingerprint density at radius 2 is 2.10 bits per heavy atom. The van der Waals surface area contributed by atoms with Gasteiger partial charge in [0, 0.05) is 22.0 Å². The van der Waals surface area contributed by atoms with Crippen molar-refractivity contribution in [1.29, 1.82) is 0 Å². The average molecular weight is 300 g/mol. The Bertz CT molecular complexity index is 646. The predicted molar refractivity (Wildman–Crippen MR) is 90.0 cm³/mol. The monoisotopic (exact) mass is 300 g/mol. The van der Waals surface area contributed by atoms with E-state index < -0.39 is 0 Å². The van der Waals surface area contributed by atoms with Crippen molar-refractivity contribution in [3.8, 4) is 0 Å². The molecule has 1 amide bonds. The summed E-state index contributed by atoms with van der Waals surface area (Å²) in [5.41, 5.74) is 1.31. The highest BCUT2D eigenvalue weighted by Crippen LogP contribution is 2.20. The zero-order valence-electron chi connectivity index (χ0n) is 12.6. The van der Waals surface area contributed by atoms with Crippen molar-refractivity contribution < 1.29 is 4.79 Å². The fourth-order valence-corrected chi connectivity index (χ4v) is 2.59. The van der Waals surface area contributed by atoms with E-state index in [4.69, 9.17) is 0 Å². The number of rotatable bonds is 5. The van der Waals surface area contributed by atoms with Crippen LogP contribution < -0.4 is 5.32 Å². The van der Waals surface area contributed by atoms with Crippen molar-refractivity contribution in [2.45, 2.75) is 33.2 Å². The summed E-state index contributed by atoms with van der Waals surface area (Å²) in [4.78, 5) is 19.1. The number of para-hydroxylation sites is 1. The molecule has 1 unspecified atom stereocenters. The molecule has 110 valence electrons. The van der Waals surface area contributed by atoms with E-state index in [0.717, 1.165) is 11.3 Å². The van der Waals surface area contributed by atoms with E-state index in [9.17, 15) is 4.79 Å². The molecule has 0 bridgehead atoms. The van der Waals surface area contributed by atoms with Crippen molar-refractivity contribution in [1.82, 2.24) is 5.32 Å². The Labute approximate surface area is 129 Å². The number of benzene rings is 1. The number of carbonyl (C=O) groups excluding carboxylic acids is 1. The molecule has 1 aromatic heterocycles. The molecular formula is C17H20N2OS. The van der Waals surface area contributed by atoms with Gasteiger partial charge in [-0.25, -0.2) is 0 Å². The maximum absolute atomic E-state index is 12.3. The fourth-order valence-electron chi connectivity index (χ4n) is 1.84. The van der Waals surface area contributed by atoms with E-state index >= 15 is 0 Å². The summed E-state index contributed by atoms with van der Waals surface area (Å²) in [5, 5.41) is 2.98. The number of thiophene rings is 1. The van der Waals surface area contributed by atoms with Crippen LogP contribution in [0.15, 0.2) is 41.4 Å². The van der Waals surface area contributed by atoms with Gasteiger partial charge in [0.05, 0.1) is 11.3 Å². The molecule has 1 heterocycles. The number of aliphatic imine (C=N–C) groups is 1. The van der Waals surface area contributed by atoms with E-state index in [-0.39, 0.29) is 11.9 Å². The van der Waals surface area contributed by atoms with Gasteiger partial charge in [0.1, 0.15) is 0 Å². The van der Waals surface area contributed by atoms with Gasteiger partial charge in [-0.2, -0.15) is 0 Å². The lowest BCUT2D eigenvalue weighted by Gasteiger charge is -2.12. The van der Waals surface area contributed by atoms with Crippen LogP contribution in [0.4, 0.5) is 5.69 Å². The number of hydrogen-bond acceptors (Lipinski definition) is 3. The second kappa shape index (κ2) is 7.18.